The van der Waals surface area contributed by atoms with Gasteiger partial charge in [0.25, 0.3) is 0 Å². The number of carbonyl (C=O) groups excluding carboxylic acids is 1. The first-order valence-corrected chi connectivity index (χ1v) is 5.82. The number of alkyl carbamates (subject to hydrolysis) is 1. The van der Waals surface area contributed by atoms with Crippen molar-refractivity contribution in [3.8, 4) is 0 Å². The lowest BCUT2D eigenvalue weighted by atomic mass is 10.2. The minimum Gasteiger partial charge on any atom is -0.476 e. The topological polar surface area (TPSA) is 92.9 Å². The average Bonchev–Trinajstić information content (AvgIpc) is 2.86. The van der Waals surface area contributed by atoms with Crippen molar-refractivity contribution < 1.29 is 19.4 Å². The number of carbonyl (C=O) groups is 2. The maximum absolute atomic E-state index is 11.3. The summed E-state index contributed by atoms with van der Waals surface area (Å²) < 4.78 is 6.37. The lowest BCUT2D eigenvalue weighted by Crippen LogP contribution is -2.23. The summed E-state index contributed by atoms with van der Waals surface area (Å²) in [6, 6.07) is 3.45. The van der Waals surface area contributed by atoms with Gasteiger partial charge in [-0.15, -0.1) is 0 Å². The molecule has 1 amide bonds. The Morgan fingerprint density at radius 2 is 2.35 bits per heavy atom. The molecule has 0 aliphatic carbocycles. The maximum Gasteiger partial charge on any atom is 0.407 e. The Morgan fingerprint density at radius 3 is 3.05 bits per heavy atom. The first-order chi connectivity index (χ1) is 9.60. The van der Waals surface area contributed by atoms with Crippen LogP contribution in [0.4, 0.5) is 4.79 Å². The van der Waals surface area contributed by atoms with Gasteiger partial charge < -0.3 is 19.6 Å². The molecule has 0 bridgehead atoms. The molecule has 0 aliphatic rings. The van der Waals surface area contributed by atoms with Crippen LogP contribution in [0, 0.1) is 0 Å². The highest BCUT2D eigenvalue weighted by Gasteiger charge is 2.09. The highest BCUT2D eigenvalue weighted by Crippen LogP contribution is 2.08. The van der Waals surface area contributed by atoms with E-state index in [-0.39, 0.29) is 18.8 Å². The number of nitrogens with one attached hydrogen (secondary N) is 1. The average molecular weight is 275 g/mol. The predicted molar refractivity (Wildman–Crippen MR) is 70.5 cm³/mol. The summed E-state index contributed by atoms with van der Waals surface area (Å²) in [5, 5.41) is 11.4. The smallest absolute Gasteiger partial charge is 0.407 e. The molecule has 0 saturated carbocycles. The number of fused-ring (bicyclic) bond motifs is 1. The Hall–Kier alpha value is -2.83. The van der Waals surface area contributed by atoms with Crippen molar-refractivity contribution in [2.45, 2.75) is 6.54 Å². The highest BCUT2D eigenvalue weighted by atomic mass is 16.5. The fraction of sp³-hybridized carbons (Fsp3) is 0.154. The highest BCUT2D eigenvalue weighted by molar-refractivity contribution is 5.86. The van der Waals surface area contributed by atoms with Crippen LogP contribution in [0.5, 0.6) is 0 Å². The van der Waals surface area contributed by atoms with Crippen molar-refractivity contribution in [2.24, 2.45) is 0 Å². The van der Waals surface area contributed by atoms with Gasteiger partial charge in [-0.2, -0.15) is 0 Å². The number of rotatable bonds is 5. The summed E-state index contributed by atoms with van der Waals surface area (Å²) >= 11 is 0. The van der Waals surface area contributed by atoms with Crippen LogP contribution in [0.25, 0.3) is 5.65 Å². The van der Waals surface area contributed by atoms with Gasteiger partial charge in [-0.1, -0.05) is 12.7 Å². The van der Waals surface area contributed by atoms with Gasteiger partial charge in [0.15, 0.2) is 5.69 Å². The van der Waals surface area contributed by atoms with Crippen molar-refractivity contribution in [1.29, 1.82) is 0 Å². The van der Waals surface area contributed by atoms with Gasteiger partial charge in [0.2, 0.25) is 0 Å². The Kier molecular flexibility index (Phi) is 3.99. The molecule has 0 saturated heterocycles. The third-order valence-corrected chi connectivity index (χ3v) is 2.51. The Morgan fingerprint density at radius 1 is 1.55 bits per heavy atom. The molecule has 2 rings (SSSR count). The molecule has 2 N–H and O–H groups in total. The SMILES string of the molecule is C=CCOC(=O)NCc1ccn2cc(C(=O)O)nc2c1. The second-order valence-electron chi connectivity index (χ2n) is 3.97. The summed E-state index contributed by atoms with van der Waals surface area (Å²) in [7, 11) is 0. The number of carboxylic acid groups (broad SMARTS) is 1. The molecule has 0 unspecified atom stereocenters. The van der Waals surface area contributed by atoms with Crippen LogP contribution in [-0.4, -0.2) is 33.2 Å². The third-order valence-electron chi connectivity index (χ3n) is 2.51. The van der Waals surface area contributed by atoms with E-state index in [0.29, 0.717) is 5.65 Å². The minimum atomic E-state index is -1.08. The van der Waals surface area contributed by atoms with Crippen LogP contribution in [-0.2, 0) is 11.3 Å². The molecule has 7 nitrogen and oxygen atoms in total. The molecule has 2 aromatic heterocycles. The number of aromatic nitrogens is 2. The van der Waals surface area contributed by atoms with Gasteiger partial charge in [-0.3, -0.25) is 0 Å². The second kappa shape index (κ2) is 5.87. The number of nitrogens with zero attached hydrogens (tertiary/aromatic N) is 2. The van der Waals surface area contributed by atoms with Crippen molar-refractivity contribution in [3.63, 3.8) is 0 Å². The number of ether oxygens (including phenoxy) is 1. The normalized spacial score (nSPS) is 10.2. The summed E-state index contributed by atoms with van der Waals surface area (Å²) in [5.74, 6) is -1.08. The van der Waals surface area contributed by atoms with Crippen molar-refractivity contribution in [2.75, 3.05) is 6.61 Å². The molecule has 2 heterocycles. The molecule has 0 aromatic carbocycles. The van der Waals surface area contributed by atoms with E-state index in [1.807, 2.05) is 0 Å². The molecule has 0 aliphatic heterocycles. The number of hydrogen-bond acceptors (Lipinski definition) is 4. The van der Waals surface area contributed by atoms with E-state index in [1.54, 1.807) is 22.7 Å². The van der Waals surface area contributed by atoms with Crippen molar-refractivity contribution in [3.05, 3.63) is 48.4 Å². The van der Waals surface area contributed by atoms with Crippen molar-refractivity contribution >= 4 is 17.7 Å². The largest absolute Gasteiger partial charge is 0.476 e. The van der Waals surface area contributed by atoms with Crippen LogP contribution in [0.15, 0.2) is 37.2 Å². The molecule has 0 radical (unpaired) electrons. The van der Waals surface area contributed by atoms with Crippen LogP contribution in [0.1, 0.15) is 16.1 Å². The molecule has 0 spiro atoms. The zero-order chi connectivity index (χ0) is 14.5. The summed E-state index contributed by atoms with van der Waals surface area (Å²) in [4.78, 5) is 26.0. The molecule has 7 heteroatoms. The molecular weight excluding hydrogens is 262 g/mol. The summed E-state index contributed by atoms with van der Waals surface area (Å²) in [6.45, 7) is 3.85. The predicted octanol–water partition coefficient (Wildman–Crippen LogP) is 1.44. The number of pyridine rings is 1. The van der Waals surface area contributed by atoms with E-state index in [1.165, 1.54) is 12.3 Å². The first-order valence-electron chi connectivity index (χ1n) is 5.82. The Labute approximate surface area is 114 Å². The van der Waals surface area contributed by atoms with E-state index in [4.69, 9.17) is 9.84 Å². The second-order valence-corrected chi connectivity index (χ2v) is 3.97. The Balaban J connectivity index is 2.06. The monoisotopic (exact) mass is 275 g/mol. The fourth-order valence-electron chi connectivity index (χ4n) is 1.60. The lowest BCUT2D eigenvalue weighted by Gasteiger charge is -2.05. The van der Waals surface area contributed by atoms with E-state index < -0.39 is 12.1 Å². The van der Waals surface area contributed by atoms with Gasteiger partial charge in [-0.05, 0) is 17.7 Å². The molecule has 104 valence electrons. The zero-order valence-corrected chi connectivity index (χ0v) is 10.6. The van der Waals surface area contributed by atoms with E-state index in [9.17, 15) is 9.59 Å². The van der Waals surface area contributed by atoms with Crippen LogP contribution in [0.2, 0.25) is 0 Å². The molecular formula is C13H13N3O4. The standard InChI is InChI=1S/C13H13N3O4/c1-2-5-20-13(19)14-7-9-3-4-16-8-10(12(17)18)15-11(16)6-9/h2-4,6,8H,1,5,7H2,(H,14,19)(H,17,18). The molecule has 2 aromatic rings. The number of aromatic carboxylic acids is 1. The lowest BCUT2D eigenvalue weighted by molar-refractivity contribution is 0.0691. The molecule has 20 heavy (non-hydrogen) atoms. The van der Waals surface area contributed by atoms with Gasteiger partial charge >= 0.3 is 12.1 Å². The summed E-state index contributed by atoms with van der Waals surface area (Å²) in [6.07, 6.45) is 4.04. The number of carboxylic acids is 1. The van der Waals surface area contributed by atoms with Crippen LogP contribution >= 0.6 is 0 Å². The number of amides is 1. The zero-order valence-electron chi connectivity index (χ0n) is 10.6. The van der Waals surface area contributed by atoms with Gasteiger partial charge in [0, 0.05) is 18.9 Å². The van der Waals surface area contributed by atoms with E-state index >= 15 is 0 Å². The fourth-order valence-corrected chi connectivity index (χ4v) is 1.60. The van der Waals surface area contributed by atoms with Crippen LogP contribution < -0.4 is 5.32 Å². The maximum atomic E-state index is 11.3. The number of imidazole rings is 1. The Bertz CT molecular complexity index is 663. The molecule has 0 atom stereocenters. The van der Waals surface area contributed by atoms with Crippen molar-refractivity contribution in [1.82, 2.24) is 14.7 Å². The number of hydrogen-bond donors (Lipinski definition) is 2. The quantitative estimate of drug-likeness (QED) is 0.805. The third kappa shape index (κ3) is 3.14. The van der Waals surface area contributed by atoms with Gasteiger partial charge in [0.1, 0.15) is 12.3 Å². The van der Waals surface area contributed by atoms with Gasteiger partial charge in [-0.25, -0.2) is 14.6 Å². The first kappa shape index (κ1) is 13.6. The van der Waals surface area contributed by atoms with E-state index in [0.717, 1.165) is 5.56 Å². The van der Waals surface area contributed by atoms with Gasteiger partial charge in [0.05, 0.1) is 0 Å². The van der Waals surface area contributed by atoms with Crippen LogP contribution in [0.3, 0.4) is 0 Å². The minimum absolute atomic E-state index is 0.0273. The molecule has 0 fully saturated rings. The summed E-state index contributed by atoms with van der Waals surface area (Å²) in [5.41, 5.74) is 1.26. The van der Waals surface area contributed by atoms with E-state index in [2.05, 4.69) is 16.9 Å².